The summed E-state index contributed by atoms with van der Waals surface area (Å²) >= 11 is 10.3. The molecule has 0 aromatic heterocycles. The third-order valence-electron chi connectivity index (χ3n) is 8.74. The minimum absolute atomic E-state index is 0.129. The van der Waals surface area contributed by atoms with Gasteiger partial charge in [0.25, 0.3) is 5.91 Å². The summed E-state index contributed by atoms with van der Waals surface area (Å²) in [5.41, 5.74) is -0.224. The van der Waals surface area contributed by atoms with Crippen LogP contribution in [0.25, 0.3) is 0 Å². The SMILES string of the molecule is C=CCN(C(=O)[C@H]1[C@H]2C(=O)N([C@H](C)CO)C(C(=O)N(CC=C)c3ccccc3Cl)C23CC(Br)[C@@H]1O3)c1ccc(OCC)cc1. The van der Waals surface area contributed by atoms with Crippen LogP contribution in [0.4, 0.5) is 11.4 Å². The predicted molar refractivity (Wildman–Crippen MR) is 173 cm³/mol. The maximum absolute atomic E-state index is 14.6. The van der Waals surface area contributed by atoms with Gasteiger partial charge in [-0.05, 0) is 56.7 Å². The number of carbonyl (C=O) groups is 3. The number of nitrogens with zero attached hydrogens (tertiary/aromatic N) is 3. The summed E-state index contributed by atoms with van der Waals surface area (Å²) < 4.78 is 12.2. The van der Waals surface area contributed by atoms with Crippen LogP contribution in [0.2, 0.25) is 5.02 Å². The van der Waals surface area contributed by atoms with E-state index in [1.54, 1.807) is 72.5 Å². The van der Waals surface area contributed by atoms with E-state index in [0.29, 0.717) is 35.2 Å². The van der Waals surface area contributed by atoms with E-state index in [9.17, 15) is 19.5 Å². The Morgan fingerprint density at radius 1 is 1.16 bits per heavy atom. The molecule has 0 saturated carbocycles. The van der Waals surface area contributed by atoms with Crippen molar-refractivity contribution in [1.29, 1.82) is 0 Å². The maximum atomic E-state index is 14.6. The van der Waals surface area contributed by atoms with Gasteiger partial charge in [-0.3, -0.25) is 14.4 Å². The van der Waals surface area contributed by atoms with Crippen LogP contribution in [0.5, 0.6) is 5.75 Å². The topological polar surface area (TPSA) is 99.6 Å². The third kappa shape index (κ3) is 5.25. The molecular formula is C33H37BrClN3O6. The smallest absolute Gasteiger partial charge is 0.253 e. The zero-order valence-corrected chi connectivity index (χ0v) is 27.1. The van der Waals surface area contributed by atoms with Gasteiger partial charge in [0.2, 0.25) is 11.8 Å². The molecule has 1 spiro atoms. The quantitative estimate of drug-likeness (QED) is 0.259. The van der Waals surface area contributed by atoms with Crippen molar-refractivity contribution >= 4 is 56.6 Å². The first-order valence-corrected chi connectivity index (χ1v) is 16.0. The van der Waals surface area contributed by atoms with Gasteiger partial charge in [-0.25, -0.2) is 0 Å². The van der Waals surface area contributed by atoms with Crippen molar-refractivity contribution in [3.63, 3.8) is 0 Å². The maximum Gasteiger partial charge on any atom is 0.253 e. The van der Waals surface area contributed by atoms with Gasteiger partial charge in [0.05, 0.1) is 47.9 Å². The Labute approximate surface area is 271 Å². The normalized spacial score (nSPS) is 27.5. The van der Waals surface area contributed by atoms with Gasteiger partial charge in [-0.15, -0.1) is 13.2 Å². The number of para-hydroxylation sites is 1. The molecule has 234 valence electrons. The van der Waals surface area contributed by atoms with Crippen LogP contribution in [0.3, 0.4) is 0 Å². The Bertz CT molecular complexity index is 1440. The molecule has 2 aromatic rings. The van der Waals surface area contributed by atoms with Crippen LogP contribution in [-0.2, 0) is 19.1 Å². The number of aliphatic hydroxyl groups is 1. The molecule has 1 N–H and O–H groups in total. The number of amides is 3. The van der Waals surface area contributed by atoms with Crippen LogP contribution in [-0.4, -0.2) is 82.6 Å². The second kappa shape index (κ2) is 13.0. The molecule has 3 amide bonds. The molecule has 0 radical (unpaired) electrons. The molecule has 2 aromatic carbocycles. The summed E-state index contributed by atoms with van der Waals surface area (Å²) in [5.74, 6) is -2.27. The molecule has 11 heteroatoms. The van der Waals surface area contributed by atoms with E-state index in [-0.39, 0.29) is 30.4 Å². The van der Waals surface area contributed by atoms with Crippen LogP contribution >= 0.6 is 27.5 Å². The number of ether oxygens (including phenoxy) is 2. The van der Waals surface area contributed by atoms with E-state index in [1.165, 1.54) is 9.80 Å². The lowest BCUT2D eigenvalue weighted by Gasteiger charge is -2.38. The van der Waals surface area contributed by atoms with Crippen molar-refractivity contribution in [3.05, 3.63) is 78.9 Å². The molecule has 3 aliphatic rings. The molecule has 44 heavy (non-hydrogen) atoms. The fraction of sp³-hybridized carbons (Fsp3) is 0.424. The molecule has 3 fully saturated rings. The molecule has 3 saturated heterocycles. The van der Waals surface area contributed by atoms with Gasteiger partial charge in [-0.1, -0.05) is 51.8 Å². The van der Waals surface area contributed by atoms with E-state index in [2.05, 4.69) is 29.1 Å². The van der Waals surface area contributed by atoms with Crippen molar-refractivity contribution in [1.82, 2.24) is 4.90 Å². The first-order chi connectivity index (χ1) is 21.1. The lowest BCUT2D eigenvalue weighted by Crippen LogP contribution is -2.59. The highest BCUT2D eigenvalue weighted by Crippen LogP contribution is 2.61. The minimum atomic E-state index is -1.31. The van der Waals surface area contributed by atoms with Crippen molar-refractivity contribution in [2.24, 2.45) is 11.8 Å². The second-order valence-corrected chi connectivity index (χ2v) is 12.9. The zero-order valence-electron chi connectivity index (χ0n) is 24.8. The van der Waals surface area contributed by atoms with Crippen LogP contribution < -0.4 is 14.5 Å². The number of anilines is 2. The Morgan fingerprint density at radius 2 is 1.82 bits per heavy atom. The molecule has 5 rings (SSSR count). The van der Waals surface area contributed by atoms with Crippen molar-refractivity contribution in [2.75, 3.05) is 36.1 Å². The largest absolute Gasteiger partial charge is 0.494 e. The number of rotatable bonds is 12. The highest BCUT2D eigenvalue weighted by Gasteiger charge is 2.77. The Balaban J connectivity index is 1.58. The lowest BCUT2D eigenvalue weighted by atomic mass is 9.70. The number of carbonyl (C=O) groups excluding carboxylic acids is 3. The Kier molecular flexibility index (Phi) is 9.55. The molecular weight excluding hydrogens is 650 g/mol. The number of hydrogen-bond acceptors (Lipinski definition) is 6. The number of likely N-dealkylation sites (tertiary alicyclic amines) is 1. The van der Waals surface area contributed by atoms with Crippen LogP contribution in [0, 0.1) is 11.8 Å². The number of alkyl halides is 1. The third-order valence-corrected chi connectivity index (χ3v) is 9.91. The van der Waals surface area contributed by atoms with E-state index >= 15 is 0 Å². The van der Waals surface area contributed by atoms with Gasteiger partial charge in [0, 0.05) is 23.6 Å². The number of benzene rings is 2. The van der Waals surface area contributed by atoms with E-state index in [0.717, 1.165) is 0 Å². The summed E-state index contributed by atoms with van der Waals surface area (Å²) in [4.78, 5) is 47.7. The van der Waals surface area contributed by atoms with Crippen LogP contribution in [0.15, 0.2) is 73.8 Å². The molecule has 3 aliphatic heterocycles. The number of fused-ring (bicyclic) bond motifs is 1. The van der Waals surface area contributed by atoms with E-state index < -0.39 is 47.4 Å². The summed E-state index contributed by atoms with van der Waals surface area (Å²) in [7, 11) is 0. The summed E-state index contributed by atoms with van der Waals surface area (Å²) in [5, 5.41) is 10.6. The van der Waals surface area contributed by atoms with Gasteiger partial charge in [-0.2, -0.15) is 0 Å². The summed E-state index contributed by atoms with van der Waals surface area (Å²) in [6, 6.07) is 12.3. The molecule has 3 unspecified atom stereocenters. The standard InChI is InChI=1S/C33H37BrClN3O6/c1-5-16-36(21-12-14-22(15-13-21)43-7-3)30(40)26-27-31(41)38(20(4)19-39)29(33(27)18-23(34)28(26)44-33)32(42)37(17-6-2)25-11-9-8-10-24(25)35/h5-6,8-15,20,23,26-29,39H,1-2,7,16-19H2,3-4H3/t20-,23?,26+,27+,28+,29?,33?/m1/s1. The second-order valence-electron chi connectivity index (χ2n) is 11.3. The summed E-state index contributed by atoms with van der Waals surface area (Å²) in [6.45, 7) is 11.7. The van der Waals surface area contributed by atoms with E-state index in [1.807, 2.05) is 6.92 Å². The molecule has 3 heterocycles. The van der Waals surface area contributed by atoms with Gasteiger partial charge >= 0.3 is 0 Å². The molecule has 0 aliphatic carbocycles. The lowest BCUT2D eigenvalue weighted by molar-refractivity contribution is -0.143. The molecule has 9 nitrogen and oxygen atoms in total. The van der Waals surface area contributed by atoms with E-state index in [4.69, 9.17) is 21.1 Å². The highest BCUT2D eigenvalue weighted by atomic mass is 79.9. The predicted octanol–water partition coefficient (Wildman–Crippen LogP) is 4.61. The number of aliphatic hydroxyl groups excluding tert-OH is 1. The number of hydrogen-bond donors (Lipinski definition) is 1. The monoisotopic (exact) mass is 685 g/mol. The van der Waals surface area contributed by atoms with Crippen molar-refractivity contribution in [3.8, 4) is 5.75 Å². The van der Waals surface area contributed by atoms with Gasteiger partial charge < -0.3 is 29.3 Å². The van der Waals surface area contributed by atoms with Gasteiger partial charge in [0.15, 0.2) is 0 Å². The average molecular weight is 687 g/mol. The fourth-order valence-electron chi connectivity index (χ4n) is 6.97. The first kappa shape index (κ1) is 32.2. The highest BCUT2D eigenvalue weighted by molar-refractivity contribution is 9.09. The zero-order chi connectivity index (χ0) is 31.8. The average Bonchev–Trinajstić information content (AvgIpc) is 3.62. The Morgan fingerprint density at radius 3 is 2.43 bits per heavy atom. The fourth-order valence-corrected chi connectivity index (χ4v) is 8.15. The summed E-state index contributed by atoms with van der Waals surface area (Å²) in [6.07, 6.45) is 2.90. The first-order valence-electron chi connectivity index (χ1n) is 14.7. The van der Waals surface area contributed by atoms with Crippen molar-refractivity contribution < 1.29 is 29.0 Å². The van der Waals surface area contributed by atoms with Gasteiger partial charge in [0.1, 0.15) is 17.4 Å². The molecule has 7 atom stereocenters. The molecule has 2 bridgehead atoms. The van der Waals surface area contributed by atoms with Crippen molar-refractivity contribution in [2.45, 2.75) is 48.9 Å². The van der Waals surface area contributed by atoms with Crippen LogP contribution in [0.1, 0.15) is 20.3 Å². The number of halogens is 2. The Hall–Kier alpha value is -3.18. The minimum Gasteiger partial charge on any atom is -0.494 e.